The van der Waals surface area contributed by atoms with Gasteiger partial charge >= 0.3 is 0 Å². The van der Waals surface area contributed by atoms with Gasteiger partial charge in [-0.1, -0.05) is 6.07 Å². The second-order valence-electron chi connectivity index (χ2n) is 4.72. The third kappa shape index (κ3) is 4.10. The molecule has 0 spiro atoms. The van der Waals surface area contributed by atoms with Crippen LogP contribution >= 0.6 is 0 Å². The Balaban J connectivity index is 2.08. The topological polar surface area (TPSA) is 90.7 Å². The van der Waals surface area contributed by atoms with Crippen LogP contribution in [0.4, 0.5) is 11.4 Å². The monoisotopic (exact) mass is 328 g/mol. The Morgan fingerprint density at radius 2 is 1.88 bits per heavy atom. The number of allylic oxidation sites excluding steroid dienone is 1. The van der Waals surface area contributed by atoms with E-state index in [1.807, 2.05) is 0 Å². The first kappa shape index (κ1) is 17.0. The van der Waals surface area contributed by atoms with E-state index in [1.54, 1.807) is 30.3 Å². The average molecular weight is 328 g/mol. The number of non-ortho nitro benzene ring substituents is 1. The van der Waals surface area contributed by atoms with Gasteiger partial charge in [0.25, 0.3) is 5.69 Å². The van der Waals surface area contributed by atoms with Gasteiger partial charge in [-0.3, -0.25) is 14.9 Å². The van der Waals surface area contributed by atoms with Gasteiger partial charge in [-0.15, -0.1) is 0 Å². The molecular formula is C17H16N2O5. The smallest absolute Gasteiger partial charge is 0.271 e. The molecule has 0 radical (unpaired) electrons. The number of benzene rings is 2. The molecule has 24 heavy (non-hydrogen) atoms. The van der Waals surface area contributed by atoms with Crippen molar-refractivity contribution in [2.75, 3.05) is 19.5 Å². The normalized spacial score (nSPS) is 10.4. The van der Waals surface area contributed by atoms with Crippen LogP contribution in [-0.2, 0) is 0 Å². The average Bonchev–Trinajstić information content (AvgIpc) is 2.61. The number of nitrogens with one attached hydrogen (secondary N) is 1. The lowest BCUT2D eigenvalue weighted by atomic mass is 10.1. The maximum atomic E-state index is 12.1. The van der Waals surface area contributed by atoms with Crippen molar-refractivity contribution in [1.29, 1.82) is 0 Å². The van der Waals surface area contributed by atoms with Crippen molar-refractivity contribution < 1.29 is 19.2 Å². The van der Waals surface area contributed by atoms with Crippen molar-refractivity contribution in [3.63, 3.8) is 0 Å². The highest BCUT2D eigenvalue weighted by Gasteiger charge is 2.09. The lowest BCUT2D eigenvalue weighted by molar-refractivity contribution is -0.384. The zero-order chi connectivity index (χ0) is 17.5. The van der Waals surface area contributed by atoms with Gasteiger partial charge in [-0.2, -0.15) is 0 Å². The van der Waals surface area contributed by atoms with Crippen LogP contribution in [0.25, 0.3) is 0 Å². The van der Waals surface area contributed by atoms with Crippen molar-refractivity contribution in [3.05, 3.63) is 70.4 Å². The van der Waals surface area contributed by atoms with Gasteiger partial charge in [0.1, 0.15) is 0 Å². The van der Waals surface area contributed by atoms with Crippen LogP contribution < -0.4 is 14.8 Å². The molecule has 0 saturated heterocycles. The minimum atomic E-state index is -0.482. The lowest BCUT2D eigenvalue weighted by Crippen LogP contribution is -1.99. The van der Waals surface area contributed by atoms with Crippen LogP contribution in [0.2, 0.25) is 0 Å². The van der Waals surface area contributed by atoms with E-state index in [0.717, 1.165) is 0 Å². The molecular weight excluding hydrogens is 312 g/mol. The summed E-state index contributed by atoms with van der Waals surface area (Å²) in [5.41, 5.74) is 0.921. The molecule has 0 amide bonds. The molecule has 7 nitrogen and oxygen atoms in total. The molecule has 0 fully saturated rings. The maximum absolute atomic E-state index is 12.1. The van der Waals surface area contributed by atoms with Crippen LogP contribution in [0, 0.1) is 10.1 Å². The van der Waals surface area contributed by atoms with E-state index in [4.69, 9.17) is 9.47 Å². The standard InChI is InChI=1S/C17H16N2O5/c1-23-16-7-6-12(10-17(16)24-2)15(20)8-9-18-13-4-3-5-14(11-13)19(21)22/h3-11,18H,1-2H3. The van der Waals surface area contributed by atoms with E-state index in [1.165, 1.54) is 38.6 Å². The number of nitrogens with zero attached hydrogens (tertiary/aromatic N) is 1. The summed E-state index contributed by atoms with van der Waals surface area (Å²) >= 11 is 0. The summed E-state index contributed by atoms with van der Waals surface area (Å²) in [5.74, 6) is 0.755. The van der Waals surface area contributed by atoms with E-state index >= 15 is 0 Å². The Labute approximate surface area is 138 Å². The number of hydrogen-bond donors (Lipinski definition) is 1. The molecule has 1 N–H and O–H groups in total. The second kappa shape index (κ2) is 7.77. The van der Waals surface area contributed by atoms with Gasteiger partial charge in [0.2, 0.25) is 0 Å². The molecule has 0 saturated carbocycles. The number of nitro groups is 1. The molecule has 0 aliphatic heterocycles. The number of carbonyl (C=O) groups excluding carboxylic acids is 1. The SMILES string of the molecule is COc1ccc(C(=O)C=CNc2cccc([N+](=O)[O-])c2)cc1OC. The quantitative estimate of drug-likeness (QED) is 0.362. The molecule has 124 valence electrons. The first-order chi connectivity index (χ1) is 11.5. The maximum Gasteiger partial charge on any atom is 0.271 e. The predicted octanol–water partition coefficient (Wildman–Crippen LogP) is 3.42. The second-order valence-corrected chi connectivity index (χ2v) is 4.72. The summed E-state index contributed by atoms with van der Waals surface area (Å²) < 4.78 is 10.3. The van der Waals surface area contributed by atoms with Gasteiger partial charge in [-0.25, -0.2) is 0 Å². The summed E-state index contributed by atoms with van der Waals surface area (Å²) in [6, 6.07) is 10.9. The third-order valence-electron chi connectivity index (χ3n) is 3.21. The fourth-order valence-corrected chi connectivity index (χ4v) is 2.01. The minimum absolute atomic E-state index is 0.0281. The number of rotatable bonds is 7. The predicted molar refractivity (Wildman–Crippen MR) is 89.7 cm³/mol. The molecule has 0 heterocycles. The van der Waals surface area contributed by atoms with Crippen LogP contribution in [0.3, 0.4) is 0 Å². The van der Waals surface area contributed by atoms with Gasteiger partial charge in [0.05, 0.1) is 19.1 Å². The molecule has 0 aliphatic rings. The summed E-state index contributed by atoms with van der Waals surface area (Å²) in [5, 5.41) is 13.5. The van der Waals surface area contributed by atoms with E-state index < -0.39 is 4.92 Å². The number of anilines is 1. The first-order valence-electron chi connectivity index (χ1n) is 6.99. The molecule has 2 aromatic rings. The van der Waals surface area contributed by atoms with Gasteiger partial charge in [-0.05, 0) is 24.3 Å². The van der Waals surface area contributed by atoms with Gasteiger partial charge < -0.3 is 14.8 Å². The summed E-state index contributed by atoms with van der Waals surface area (Å²) in [4.78, 5) is 22.4. The van der Waals surface area contributed by atoms with Gasteiger partial charge in [0.15, 0.2) is 17.3 Å². The summed E-state index contributed by atoms with van der Waals surface area (Å²) in [6.07, 6.45) is 2.76. The number of methoxy groups -OCH3 is 2. The van der Waals surface area contributed by atoms with Crippen molar-refractivity contribution >= 4 is 17.2 Å². The number of nitro benzene ring substituents is 1. The zero-order valence-electron chi connectivity index (χ0n) is 13.2. The van der Waals surface area contributed by atoms with Crippen LogP contribution in [0.15, 0.2) is 54.7 Å². The molecule has 0 unspecified atom stereocenters. The van der Waals surface area contributed by atoms with Crippen LogP contribution in [0.1, 0.15) is 10.4 Å². The van der Waals surface area contributed by atoms with E-state index in [9.17, 15) is 14.9 Å². The van der Waals surface area contributed by atoms with Crippen molar-refractivity contribution in [2.45, 2.75) is 0 Å². The van der Waals surface area contributed by atoms with E-state index in [0.29, 0.717) is 22.7 Å². The number of ketones is 1. The van der Waals surface area contributed by atoms with Crippen LogP contribution in [-0.4, -0.2) is 24.9 Å². The van der Waals surface area contributed by atoms with Gasteiger partial charge in [0, 0.05) is 35.7 Å². The first-order valence-corrected chi connectivity index (χ1v) is 6.99. The Hall–Kier alpha value is -3.35. The molecule has 2 aromatic carbocycles. The highest BCUT2D eigenvalue weighted by Crippen LogP contribution is 2.27. The van der Waals surface area contributed by atoms with Crippen LogP contribution in [0.5, 0.6) is 11.5 Å². The molecule has 7 heteroatoms. The number of carbonyl (C=O) groups is 1. The Morgan fingerprint density at radius 1 is 1.12 bits per heavy atom. The molecule has 0 aromatic heterocycles. The molecule has 0 atom stereocenters. The number of hydrogen-bond acceptors (Lipinski definition) is 6. The largest absolute Gasteiger partial charge is 0.493 e. The molecule has 2 rings (SSSR count). The third-order valence-corrected chi connectivity index (χ3v) is 3.21. The highest BCUT2D eigenvalue weighted by atomic mass is 16.6. The highest BCUT2D eigenvalue weighted by molar-refractivity contribution is 6.05. The Bertz CT molecular complexity index is 786. The van der Waals surface area contributed by atoms with E-state index in [2.05, 4.69) is 5.32 Å². The molecule has 0 aliphatic carbocycles. The lowest BCUT2D eigenvalue weighted by Gasteiger charge is -2.08. The fraction of sp³-hybridized carbons (Fsp3) is 0.118. The zero-order valence-corrected chi connectivity index (χ0v) is 13.2. The number of ether oxygens (including phenoxy) is 2. The Kier molecular flexibility index (Phi) is 5.51. The van der Waals surface area contributed by atoms with Crippen molar-refractivity contribution in [1.82, 2.24) is 0 Å². The summed E-state index contributed by atoms with van der Waals surface area (Å²) in [7, 11) is 3.01. The van der Waals surface area contributed by atoms with E-state index in [-0.39, 0.29) is 11.5 Å². The summed E-state index contributed by atoms with van der Waals surface area (Å²) in [6.45, 7) is 0. The van der Waals surface area contributed by atoms with Crippen molar-refractivity contribution in [3.8, 4) is 11.5 Å². The molecule has 0 bridgehead atoms. The minimum Gasteiger partial charge on any atom is -0.493 e. The Morgan fingerprint density at radius 3 is 2.54 bits per heavy atom. The fourth-order valence-electron chi connectivity index (χ4n) is 2.01. The van der Waals surface area contributed by atoms with Crippen molar-refractivity contribution in [2.24, 2.45) is 0 Å².